The van der Waals surface area contributed by atoms with Crippen molar-refractivity contribution in [2.45, 2.75) is 32.2 Å². The zero-order valence-corrected chi connectivity index (χ0v) is 17.1. The van der Waals surface area contributed by atoms with E-state index < -0.39 is 5.82 Å². The number of amides is 1. The van der Waals surface area contributed by atoms with E-state index in [0.717, 1.165) is 56.5 Å². The fourth-order valence-corrected chi connectivity index (χ4v) is 4.30. The third kappa shape index (κ3) is 4.46. The summed E-state index contributed by atoms with van der Waals surface area (Å²) in [5.41, 5.74) is 8.66. The molecule has 2 fully saturated rings. The van der Waals surface area contributed by atoms with Crippen LogP contribution in [0.5, 0.6) is 0 Å². The summed E-state index contributed by atoms with van der Waals surface area (Å²) in [5.74, 6) is -0.851. The van der Waals surface area contributed by atoms with Crippen LogP contribution in [-0.4, -0.2) is 48.1 Å². The Balaban J connectivity index is 1.48. The molecule has 30 heavy (non-hydrogen) atoms. The lowest BCUT2D eigenvalue weighted by molar-refractivity contribution is -0.121. The maximum absolute atomic E-state index is 14.3. The minimum absolute atomic E-state index is 0.0832. The van der Waals surface area contributed by atoms with Gasteiger partial charge in [0.25, 0.3) is 0 Å². The van der Waals surface area contributed by atoms with Crippen LogP contribution in [0.3, 0.4) is 0 Å². The first-order valence-corrected chi connectivity index (χ1v) is 10.4. The number of anilines is 4. The molecular formula is C21H28FN7O. The van der Waals surface area contributed by atoms with Crippen LogP contribution in [0.25, 0.3) is 0 Å². The Kier molecular flexibility index (Phi) is 5.98. The van der Waals surface area contributed by atoms with Gasteiger partial charge < -0.3 is 26.6 Å². The van der Waals surface area contributed by atoms with Crippen molar-refractivity contribution in [3.63, 3.8) is 0 Å². The molecule has 160 valence electrons. The maximum Gasteiger partial charge on any atom is 0.229 e. The summed E-state index contributed by atoms with van der Waals surface area (Å²) in [5, 5.41) is 9.56. The number of rotatable bonds is 6. The number of piperazine rings is 1. The highest BCUT2D eigenvalue weighted by molar-refractivity contribution is 5.78. The predicted octanol–water partition coefficient (Wildman–Crippen LogP) is 2.14. The van der Waals surface area contributed by atoms with Crippen molar-refractivity contribution >= 4 is 29.0 Å². The van der Waals surface area contributed by atoms with Gasteiger partial charge in [-0.3, -0.25) is 4.79 Å². The van der Waals surface area contributed by atoms with Crippen LogP contribution < -0.4 is 26.6 Å². The predicted molar refractivity (Wildman–Crippen MR) is 115 cm³/mol. The van der Waals surface area contributed by atoms with Crippen LogP contribution in [0, 0.1) is 18.7 Å². The van der Waals surface area contributed by atoms with Crippen molar-refractivity contribution in [1.29, 1.82) is 0 Å². The average Bonchev–Trinajstić information content (AvgIpc) is 3.20. The van der Waals surface area contributed by atoms with E-state index in [-0.39, 0.29) is 23.7 Å². The second-order valence-corrected chi connectivity index (χ2v) is 7.94. The van der Waals surface area contributed by atoms with E-state index in [1.54, 1.807) is 0 Å². The lowest BCUT2D eigenvalue weighted by Crippen LogP contribution is -2.43. The average molecular weight is 414 g/mol. The molecule has 1 aromatic heterocycles. The molecule has 2 heterocycles. The van der Waals surface area contributed by atoms with Gasteiger partial charge in [0.05, 0.1) is 12.1 Å². The minimum atomic E-state index is -0.555. The standard InChI is InChI=1S/C21H28FN7O/c1-13-11-14(5-6-18(13)29-9-7-24-8-10-29)26-21-25-12-16(22)20(28-21)27-17-4-2-3-15(17)19(23)30/h5-6,11-12,15,17,24H,2-4,7-10H2,1H3,(H2,23,30)(H2,25,26,27,28)/t15-,17+/m0/s1. The van der Waals surface area contributed by atoms with Gasteiger partial charge in [-0.2, -0.15) is 4.98 Å². The van der Waals surface area contributed by atoms with Gasteiger partial charge in [-0.05, 0) is 43.5 Å². The first kappa shape index (κ1) is 20.3. The second-order valence-electron chi connectivity index (χ2n) is 7.94. The molecule has 1 aromatic carbocycles. The van der Waals surface area contributed by atoms with Crippen molar-refractivity contribution in [3.05, 3.63) is 35.8 Å². The normalized spacial score (nSPS) is 21.5. The zero-order chi connectivity index (χ0) is 21.1. The van der Waals surface area contributed by atoms with Crippen LogP contribution in [0.1, 0.15) is 24.8 Å². The molecule has 8 nitrogen and oxygen atoms in total. The zero-order valence-electron chi connectivity index (χ0n) is 17.1. The first-order chi connectivity index (χ1) is 14.5. The van der Waals surface area contributed by atoms with Gasteiger partial charge in [0.2, 0.25) is 11.9 Å². The number of nitrogens with zero attached hydrogens (tertiary/aromatic N) is 3. The number of carbonyl (C=O) groups excluding carboxylic acids is 1. The van der Waals surface area contributed by atoms with E-state index in [0.29, 0.717) is 12.4 Å². The molecule has 2 atom stereocenters. The Morgan fingerprint density at radius 2 is 2.10 bits per heavy atom. The van der Waals surface area contributed by atoms with Gasteiger partial charge in [0.15, 0.2) is 11.6 Å². The molecule has 4 rings (SSSR count). The van der Waals surface area contributed by atoms with Crippen molar-refractivity contribution in [3.8, 4) is 0 Å². The third-order valence-electron chi connectivity index (χ3n) is 5.86. The number of primary amides is 1. The number of halogens is 1. The van der Waals surface area contributed by atoms with Crippen LogP contribution in [0.15, 0.2) is 24.4 Å². The summed E-state index contributed by atoms with van der Waals surface area (Å²) in [7, 11) is 0. The number of hydrogen-bond acceptors (Lipinski definition) is 7. The molecule has 1 saturated heterocycles. The largest absolute Gasteiger partial charge is 0.369 e. The van der Waals surface area contributed by atoms with Gasteiger partial charge in [-0.1, -0.05) is 6.42 Å². The van der Waals surface area contributed by atoms with E-state index in [9.17, 15) is 9.18 Å². The van der Waals surface area contributed by atoms with Gasteiger partial charge in [0.1, 0.15) is 0 Å². The summed E-state index contributed by atoms with van der Waals surface area (Å²) in [4.78, 5) is 22.3. The number of aromatic nitrogens is 2. The third-order valence-corrected chi connectivity index (χ3v) is 5.86. The van der Waals surface area contributed by atoms with E-state index >= 15 is 0 Å². The maximum atomic E-state index is 14.3. The fraction of sp³-hybridized carbons (Fsp3) is 0.476. The molecule has 5 N–H and O–H groups in total. The van der Waals surface area contributed by atoms with Gasteiger partial charge >= 0.3 is 0 Å². The number of aryl methyl sites for hydroxylation is 1. The number of carbonyl (C=O) groups is 1. The van der Waals surface area contributed by atoms with E-state index in [4.69, 9.17) is 5.73 Å². The van der Waals surface area contributed by atoms with Crippen molar-refractivity contribution in [1.82, 2.24) is 15.3 Å². The van der Waals surface area contributed by atoms with Crippen molar-refractivity contribution in [2.75, 3.05) is 41.7 Å². The molecule has 1 amide bonds. The molecule has 2 aromatic rings. The second kappa shape index (κ2) is 8.83. The molecular weight excluding hydrogens is 385 g/mol. The van der Waals surface area contributed by atoms with Crippen LogP contribution in [0.4, 0.5) is 27.5 Å². The highest BCUT2D eigenvalue weighted by Gasteiger charge is 2.32. The molecule has 9 heteroatoms. The molecule has 0 radical (unpaired) electrons. The van der Waals surface area contributed by atoms with Gasteiger partial charge in [-0.15, -0.1) is 0 Å². The molecule has 0 unspecified atom stereocenters. The SMILES string of the molecule is Cc1cc(Nc2ncc(F)c(N[C@@H]3CCC[C@@H]3C(N)=O)n2)ccc1N1CCNCC1. The highest BCUT2D eigenvalue weighted by atomic mass is 19.1. The van der Waals surface area contributed by atoms with Crippen LogP contribution >= 0.6 is 0 Å². The molecule has 1 aliphatic carbocycles. The lowest BCUT2D eigenvalue weighted by Gasteiger charge is -2.30. The quantitative estimate of drug-likeness (QED) is 0.575. The Morgan fingerprint density at radius 3 is 2.83 bits per heavy atom. The molecule has 1 aliphatic heterocycles. The topological polar surface area (TPSA) is 108 Å². The summed E-state index contributed by atoms with van der Waals surface area (Å²) < 4.78 is 14.3. The molecule has 0 spiro atoms. The molecule has 0 bridgehead atoms. The van der Waals surface area contributed by atoms with E-state index in [1.165, 1.54) is 5.69 Å². The van der Waals surface area contributed by atoms with E-state index in [2.05, 4.69) is 43.8 Å². The number of nitrogens with two attached hydrogens (primary N) is 1. The first-order valence-electron chi connectivity index (χ1n) is 10.4. The van der Waals surface area contributed by atoms with Crippen LogP contribution in [-0.2, 0) is 4.79 Å². The Bertz CT molecular complexity index is 916. The van der Waals surface area contributed by atoms with E-state index in [1.807, 2.05) is 12.1 Å². The summed E-state index contributed by atoms with van der Waals surface area (Å²) in [6, 6.07) is 5.89. The van der Waals surface area contributed by atoms with Gasteiger partial charge in [0, 0.05) is 43.6 Å². The van der Waals surface area contributed by atoms with Crippen molar-refractivity contribution < 1.29 is 9.18 Å². The smallest absolute Gasteiger partial charge is 0.229 e. The Labute approximate surface area is 175 Å². The fourth-order valence-electron chi connectivity index (χ4n) is 4.30. The lowest BCUT2D eigenvalue weighted by atomic mass is 10.0. The summed E-state index contributed by atoms with van der Waals surface area (Å²) in [6.07, 6.45) is 3.48. The summed E-state index contributed by atoms with van der Waals surface area (Å²) in [6.45, 7) is 6.01. The van der Waals surface area contributed by atoms with Crippen LogP contribution in [0.2, 0.25) is 0 Å². The monoisotopic (exact) mass is 413 g/mol. The highest BCUT2D eigenvalue weighted by Crippen LogP contribution is 2.29. The van der Waals surface area contributed by atoms with Gasteiger partial charge in [-0.25, -0.2) is 9.37 Å². The minimum Gasteiger partial charge on any atom is -0.369 e. The number of benzene rings is 1. The molecule has 1 saturated carbocycles. The number of hydrogen-bond donors (Lipinski definition) is 4. The number of nitrogens with one attached hydrogen (secondary N) is 3. The Morgan fingerprint density at radius 1 is 1.30 bits per heavy atom. The molecule has 2 aliphatic rings. The summed E-state index contributed by atoms with van der Waals surface area (Å²) >= 11 is 0. The Hall–Kier alpha value is -2.94. The van der Waals surface area contributed by atoms with Crippen molar-refractivity contribution in [2.24, 2.45) is 11.7 Å².